The van der Waals surface area contributed by atoms with Crippen LogP contribution >= 0.6 is 11.8 Å². The average molecular weight is 229 g/mol. The van der Waals surface area contributed by atoms with E-state index < -0.39 is 0 Å². The van der Waals surface area contributed by atoms with Gasteiger partial charge in [0.1, 0.15) is 0 Å². The predicted octanol–water partition coefficient (Wildman–Crippen LogP) is 2.45. The third-order valence-electron chi connectivity index (χ3n) is 2.61. The predicted molar refractivity (Wildman–Crippen MR) is 68.6 cm³/mol. The van der Waals surface area contributed by atoms with E-state index in [1.807, 2.05) is 17.8 Å². The molecule has 0 amide bonds. The van der Waals surface area contributed by atoms with Gasteiger partial charge in [0.2, 0.25) is 0 Å². The molecule has 3 heteroatoms. The summed E-state index contributed by atoms with van der Waals surface area (Å²) in [6.45, 7) is 9.14. The van der Waals surface area contributed by atoms with E-state index in [1.165, 1.54) is 5.75 Å². The second-order valence-corrected chi connectivity index (χ2v) is 5.39. The fourth-order valence-corrected chi connectivity index (χ4v) is 2.67. The summed E-state index contributed by atoms with van der Waals surface area (Å²) in [5.74, 6) is 2.23. The van der Waals surface area contributed by atoms with Crippen molar-refractivity contribution >= 4 is 11.8 Å². The summed E-state index contributed by atoms with van der Waals surface area (Å²) < 4.78 is 5.70. The molecule has 15 heavy (non-hydrogen) atoms. The molecule has 1 aliphatic heterocycles. The molecule has 1 saturated heterocycles. The first-order chi connectivity index (χ1) is 7.22. The lowest BCUT2D eigenvalue weighted by molar-refractivity contribution is -0.0417. The van der Waals surface area contributed by atoms with Crippen LogP contribution in [0.2, 0.25) is 0 Å². The molecule has 88 valence electrons. The highest BCUT2D eigenvalue weighted by Gasteiger charge is 2.23. The van der Waals surface area contributed by atoms with Gasteiger partial charge in [-0.3, -0.25) is 0 Å². The van der Waals surface area contributed by atoms with Crippen molar-refractivity contribution in [2.45, 2.75) is 44.9 Å². The molecule has 0 aromatic carbocycles. The van der Waals surface area contributed by atoms with E-state index in [1.54, 1.807) is 0 Å². The molecule has 2 atom stereocenters. The molecule has 1 rings (SSSR count). The largest absolute Gasteiger partial charge is 0.375 e. The van der Waals surface area contributed by atoms with Gasteiger partial charge in [0, 0.05) is 24.1 Å². The Morgan fingerprint density at radius 1 is 1.40 bits per heavy atom. The molecule has 1 fully saturated rings. The quantitative estimate of drug-likeness (QED) is 0.558. The molecule has 0 bridgehead atoms. The Morgan fingerprint density at radius 2 is 2.07 bits per heavy atom. The number of thioether (sulfide) groups is 1. The van der Waals surface area contributed by atoms with Gasteiger partial charge < -0.3 is 10.1 Å². The van der Waals surface area contributed by atoms with E-state index in [-0.39, 0.29) is 0 Å². The van der Waals surface area contributed by atoms with Crippen LogP contribution in [0.15, 0.2) is 12.7 Å². The van der Waals surface area contributed by atoms with E-state index in [4.69, 9.17) is 4.74 Å². The third kappa shape index (κ3) is 5.59. The van der Waals surface area contributed by atoms with E-state index in [0.29, 0.717) is 18.2 Å². The van der Waals surface area contributed by atoms with Crippen molar-refractivity contribution in [3.05, 3.63) is 12.7 Å². The number of nitrogens with one attached hydrogen (secondary N) is 1. The summed E-state index contributed by atoms with van der Waals surface area (Å²) >= 11 is 1.93. The summed E-state index contributed by atoms with van der Waals surface area (Å²) in [4.78, 5) is 0. The summed E-state index contributed by atoms with van der Waals surface area (Å²) in [6.07, 6.45) is 5.08. The minimum Gasteiger partial charge on any atom is -0.375 e. The molecule has 1 heterocycles. The van der Waals surface area contributed by atoms with Crippen molar-refractivity contribution < 1.29 is 4.74 Å². The van der Waals surface area contributed by atoms with Gasteiger partial charge in [0.15, 0.2) is 0 Å². The first kappa shape index (κ1) is 13.1. The van der Waals surface area contributed by atoms with Gasteiger partial charge in [0.25, 0.3) is 0 Å². The second-order valence-electron chi connectivity index (χ2n) is 4.24. The molecule has 0 radical (unpaired) electrons. The highest BCUT2D eigenvalue weighted by molar-refractivity contribution is 7.99. The molecule has 2 nitrogen and oxygen atoms in total. The first-order valence-corrected chi connectivity index (χ1v) is 6.95. The third-order valence-corrected chi connectivity index (χ3v) is 3.58. The average Bonchev–Trinajstić information content (AvgIpc) is 2.16. The molecule has 2 unspecified atom stereocenters. The highest BCUT2D eigenvalue weighted by atomic mass is 32.2. The lowest BCUT2D eigenvalue weighted by atomic mass is 10.00. The van der Waals surface area contributed by atoms with Crippen LogP contribution in [0.5, 0.6) is 0 Å². The van der Waals surface area contributed by atoms with Gasteiger partial charge in [-0.25, -0.2) is 0 Å². The molecule has 0 aromatic heterocycles. The molecule has 0 aliphatic carbocycles. The maximum atomic E-state index is 5.70. The van der Waals surface area contributed by atoms with Crippen molar-refractivity contribution in [1.82, 2.24) is 5.32 Å². The van der Waals surface area contributed by atoms with Crippen molar-refractivity contribution in [1.29, 1.82) is 0 Å². The van der Waals surface area contributed by atoms with Crippen LogP contribution in [0.25, 0.3) is 0 Å². The highest BCUT2D eigenvalue weighted by Crippen LogP contribution is 2.18. The van der Waals surface area contributed by atoms with E-state index >= 15 is 0 Å². The van der Waals surface area contributed by atoms with Crippen LogP contribution in [-0.2, 0) is 4.74 Å². The van der Waals surface area contributed by atoms with E-state index in [0.717, 1.165) is 25.1 Å². The molecule has 1 N–H and O–H groups in total. The molecule has 0 spiro atoms. The van der Waals surface area contributed by atoms with Gasteiger partial charge in [0.05, 0.1) is 12.2 Å². The van der Waals surface area contributed by atoms with Crippen LogP contribution in [-0.4, -0.2) is 36.3 Å². The standard InChI is InChI=1S/C12H23NOS/c1-4-6-15-7-5-13-12-8-10(2)14-11(3)9-12/h4,10-13H,1,5-9H2,2-3H3. The van der Waals surface area contributed by atoms with Gasteiger partial charge in [-0.2, -0.15) is 11.8 Å². The SMILES string of the molecule is C=CCSCCNC1CC(C)OC(C)C1. The Kier molecular flexibility index (Phi) is 6.37. The molecule has 1 aliphatic rings. The topological polar surface area (TPSA) is 21.3 Å². The summed E-state index contributed by atoms with van der Waals surface area (Å²) in [5.41, 5.74) is 0. The van der Waals surface area contributed by atoms with E-state index in [2.05, 4.69) is 25.7 Å². The Hall–Kier alpha value is 0.01000. The van der Waals surface area contributed by atoms with Crippen molar-refractivity contribution in [3.8, 4) is 0 Å². The number of rotatable bonds is 6. The van der Waals surface area contributed by atoms with Crippen LogP contribution in [0, 0.1) is 0 Å². The fourth-order valence-electron chi connectivity index (χ4n) is 2.07. The Labute approximate surface area is 97.8 Å². The number of hydrogen-bond donors (Lipinski definition) is 1. The van der Waals surface area contributed by atoms with Gasteiger partial charge in [-0.05, 0) is 26.7 Å². The van der Waals surface area contributed by atoms with Crippen molar-refractivity contribution in [2.24, 2.45) is 0 Å². The molecular formula is C12H23NOS. The normalized spacial score (nSPS) is 31.5. The lowest BCUT2D eigenvalue weighted by Crippen LogP contribution is -2.42. The Bertz CT molecular complexity index is 176. The zero-order valence-corrected chi connectivity index (χ0v) is 10.7. The van der Waals surface area contributed by atoms with Gasteiger partial charge >= 0.3 is 0 Å². The van der Waals surface area contributed by atoms with Crippen LogP contribution in [0.3, 0.4) is 0 Å². The van der Waals surface area contributed by atoms with Crippen molar-refractivity contribution in [3.63, 3.8) is 0 Å². The lowest BCUT2D eigenvalue weighted by Gasteiger charge is -2.32. The Morgan fingerprint density at radius 3 is 2.67 bits per heavy atom. The second kappa shape index (κ2) is 7.31. The smallest absolute Gasteiger partial charge is 0.0565 e. The number of ether oxygens (including phenoxy) is 1. The first-order valence-electron chi connectivity index (χ1n) is 5.80. The fraction of sp³-hybridized carbons (Fsp3) is 0.833. The molecular weight excluding hydrogens is 206 g/mol. The van der Waals surface area contributed by atoms with E-state index in [9.17, 15) is 0 Å². The monoisotopic (exact) mass is 229 g/mol. The minimum absolute atomic E-state index is 0.409. The van der Waals surface area contributed by atoms with Crippen LogP contribution < -0.4 is 5.32 Å². The van der Waals surface area contributed by atoms with Crippen LogP contribution in [0.4, 0.5) is 0 Å². The molecule has 0 saturated carbocycles. The maximum absolute atomic E-state index is 5.70. The van der Waals surface area contributed by atoms with Crippen molar-refractivity contribution in [2.75, 3.05) is 18.1 Å². The zero-order valence-electron chi connectivity index (χ0n) is 9.87. The zero-order chi connectivity index (χ0) is 11.1. The Balaban J connectivity index is 2.07. The number of hydrogen-bond acceptors (Lipinski definition) is 3. The summed E-state index contributed by atoms with van der Waals surface area (Å²) in [5, 5.41) is 3.61. The summed E-state index contributed by atoms with van der Waals surface area (Å²) in [7, 11) is 0. The van der Waals surface area contributed by atoms with Gasteiger partial charge in [-0.15, -0.1) is 6.58 Å². The minimum atomic E-state index is 0.409. The van der Waals surface area contributed by atoms with Crippen LogP contribution in [0.1, 0.15) is 26.7 Å². The summed E-state index contributed by atoms with van der Waals surface area (Å²) in [6, 6.07) is 0.646. The molecule has 0 aromatic rings. The van der Waals surface area contributed by atoms with Gasteiger partial charge in [-0.1, -0.05) is 6.08 Å². The maximum Gasteiger partial charge on any atom is 0.0565 e.